The summed E-state index contributed by atoms with van der Waals surface area (Å²) in [7, 11) is 0. The lowest BCUT2D eigenvalue weighted by atomic mass is 10.2. The number of thioether (sulfide) groups is 1. The van der Waals surface area contributed by atoms with E-state index in [1.54, 1.807) is 24.3 Å². The smallest absolute Gasteiger partial charge is 0.248 e. The summed E-state index contributed by atoms with van der Waals surface area (Å²) in [6.07, 6.45) is 2.37. The molecule has 8 heteroatoms. The van der Waals surface area contributed by atoms with Crippen LogP contribution in [0.2, 0.25) is 0 Å². The predicted molar refractivity (Wildman–Crippen MR) is 131 cm³/mol. The van der Waals surface area contributed by atoms with Crippen LogP contribution in [-0.2, 0) is 17.0 Å². The number of ether oxygens (including phenoxy) is 1. The van der Waals surface area contributed by atoms with Crippen LogP contribution in [0.4, 0.5) is 17.3 Å². The molecule has 166 valence electrons. The molecule has 7 nitrogen and oxygen atoms in total. The van der Waals surface area contributed by atoms with Gasteiger partial charge in [-0.25, -0.2) is 4.98 Å². The quantitative estimate of drug-likeness (QED) is 0.466. The normalized spacial score (nSPS) is 12.2. The molecule has 2 heterocycles. The molecule has 33 heavy (non-hydrogen) atoms. The Morgan fingerprint density at radius 1 is 1.15 bits per heavy atom. The van der Waals surface area contributed by atoms with Crippen LogP contribution < -0.4 is 15.4 Å². The van der Waals surface area contributed by atoms with Gasteiger partial charge in [0.25, 0.3) is 0 Å². The molecule has 1 aliphatic heterocycles. The molecule has 1 aromatic heterocycles. The standard InChI is InChI=1S/C25H23N5O2S/c1-16(2)11-23(31)27-19-7-4-8-20(13-19)32-24-21-15-33-10-9-22(21)29-25(30-24)28-18-6-3-5-17(12-18)14-26/h3-8,11-13H,9-10,15H2,1-2H3,(H,27,31)(H,28,29,30). The van der Waals surface area contributed by atoms with Gasteiger partial charge in [0.1, 0.15) is 5.75 Å². The molecule has 1 aliphatic rings. The number of hydrogen-bond donors (Lipinski definition) is 2. The van der Waals surface area contributed by atoms with Gasteiger partial charge in [-0.05, 0) is 56.4 Å². The van der Waals surface area contributed by atoms with E-state index in [0.717, 1.165) is 40.4 Å². The highest BCUT2D eigenvalue weighted by molar-refractivity contribution is 7.98. The highest BCUT2D eigenvalue weighted by Crippen LogP contribution is 2.34. The number of nitriles is 1. The predicted octanol–water partition coefficient (Wildman–Crippen LogP) is 5.58. The van der Waals surface area contributed by atoms with E-state index in [4.69, 9.17) is 10.00 Å². The average Bonchev–Trinajstić information content (AvgIpc) is 2.79. The number of hydrogen-bond acceptors (Lipinski definition) is 7. The molecule has 3 aromatic rings. The molecule has 0 bridgehead atoms. The highest BCUT2D eigenvalue weighted by atomic mass is 32.2. The zero-order valence-electron chi connectivity index (χ0n) is 18.4. The maximum Gasteiger partial charge on any atom is 0.248 e. The molecule has 0 atom stereocenters. The van der Waals surface area contributed by atoms with E-state index in [1.165, 1.54) is 0 Å². The molecular formula is C25H23N5O2S. The molecule has 2 N–H and O–H groups in total. The van der Waals surface area contributed by atoms with E-state index >= 15 is 0 Å². The Kier molecular flexibility index (Phi) is 6.91. The largest absolute Gasteiger partial charge is 0.438 e. The zero-order chi connectivity index (χ0) is 23.2. The monoisotopic (exact) mass is 457 g/mol. The Hall–Kier alpha value is -3.83. The fourth-order valence-corrected chi connectivity index (χ4v) is 4.30. The van der Waals surface area contributed by atoms with Crippen molar-refractivity contribution in [2.75, 3.05) is 16.4 Å². The molecule has 0 spiro atoms. The minimum atomic E-state index is -0.186. The van der Waals surface area contributed by atoms with Gasteiger partial charge in [0, 0.05) is 34.8 Å². The Morgan fingerprint density at radius 3 is 2.79 bits per heavy atom. The SMILES string of the molecule is CC(C)=CC(=O)Nc1cccc(Oc2nc(Nc3cccc(C#N)c3)nc3c2CSCC3)c1. The Morgan fingerprint density at radius 2 is 1.97 bits per heavy atom. The number of carbonyl (C=O) groups is 1. The van der Waals surface area contributed by atoms with Crippen molar-refractivity contribution in [2.45, 2.75) is 26.0 Å². The first-order chi connectivity index (χ1) is 16.0. The molecule has 0 aliphatic carbocycles. The van der Waals surface area contributed by atoms with E-state index in [2.05, 4.69) is 26.7 Å². The lowest BCUT2D eigenvalue weighted by Gasteiger charge is -2.19. The van der Waals surface area contributed by atoms with Gasteiger partial charge in [0.2, 0.25) is 17.7 Å². The molecule has 0 saturated heterocycles. The first kappa shape index (κ1) is 22.4. The summed E-state index contributed by atoms with van der Waals surface area (Å²) in [6, 6.07) is 16.5. The third-order valence-electron chi connectivity index (χ3n) is 4.77. The van der Waals surface area contributed by atoms with Gasteiger partial charge >= 0.3 is 0 Å². The van der Waals surface area contributed by atoms with E-state index < -0.39 is 0 Å². The van der Waals surface area contributed by atoms with E-state index in [-0.39, 0.29) is 5.91 Å². The second-order valence-electron chi connectivity index (χ2n) is 7.74. The second kappa shape index (κ2) is 10.2. The summed E-state index contributed by atoms with van der Waals surface area (Å²) < 4.78 is 6.18. The molecule has 2 aromatic carbocycles. The number of rotatable bonds is 6. The topological polar surface area (TPSA) is 99.9 Å². The Balaban J connectivity index is 1.61. The average molecular weight is 458 g/mol. The van der Waals surface area contributed by atoms with Crippen LogP contribution in [0.25, 0.3) is 0 Å². The lowest BCUT2D eigenvalue weighted by molar-refractivity contribution is -0.111. The molecule has 0 fully saturated rings. The maximum absolute atomic E-state index is 12.1. The first-order valence-corrected chi connectivity index (χ1v) is 11.6. The number of aromatic nitrogens is 2. The van der Waals surface area contributed by atoms with Gasteiger partial charge < -0.3 is 15.4 Å². The van der Waals surface area contributed by atoms with Crippen LogP contribution in [0.3, 0.4) is 0 Å². The van der Waals surface area contributed by atoms with Crippen LogP contribution >= 0.6 is 11.8 Å². The molecule has 1 amide bonds. The summed E-state index contributed by atoms with van der Waals surface area (Å²) in [5, 5.41) is 15.2. The zero-order valence-corrected chi connectivity index (χ0v) is 19.2. The summed E-state index contributed by atoms with van der Waals surface area (Å²) in [5.74, 6) is 3.04. The van der Waals surface area contributed by atoms with Crippen molar-refractivity contribution in [3.8, 4) is 17.7 Å². The summed E-state index contributed by atoms with van der Waals surface area (Å²) in [5.41, 5.74) is 4.77. The van der Waals surface area contributed by atoms with E-state index in [0.29, 0.717) is 28.8 Å². The number of amides is 1. The number of anilines is 3. The van der Waals surface area contributed by atoms with Crippen molar-refractivity contribution in [1.82, 2.24) is 9.97 Å². The number of carbonyl (C=O) groups excluding carboxylic acids is 1. The van der Waals surface area contributed by atoms with Crippen molar-refractivity contribution in [3.05, 3.63) is 77.0 Å². The van der Waals surface area contributed by atoms with Crippen LogP contribution in [0.1, 0.15) is 30.7 Å². The van der Waals surface area contributed by atoms with Gasteiger partial charge in [-0.2, -0.15) is 22.0 Å². The third kappa shape index (κ3) is 5.90. The summed E-state index contributed by atoms with van der Waals surface area (Å²) in [4.78, 5) is 21.4. The molecule has 0 unspecified atom stereocenters. The molecular weight excluding hydrogens is 434 g/mol. The van der Waals surface area contributed by atoms with Crippen molar-refractivity contribution >= 4 is 35.0 Å². The summed E-state index contributed by atoms with van der Waals surface area (Å²) in [6.45, 7) is 3.75. The number of nitrogens with zero attached hydrogens (tertiary/aromatic N) is 3. The fourth-order valence-electron chi connectivity index (χ4n) is 3.33. The van der Waals surface area contributed by atoms with Crippen LogP contribution in [0, 0.1) is 11.3 Å². The minimum Gasteiger partial charge on any atom is -0.438 e. The third-order valence-corrected chi connectivity index (χ3v) is 5.75. The van der Waals surface area contributed by atoms with Gasteiger partial charge in [-0.1, -0.05) is 17.7 Å². The number of nitrogens with one attached hydrogen (secondary N) is 2. The van der Waals surface area contributed by atoms with Crippen LogP contribution in [-0.4, -0.2) is 21.6 Å². The molecule has 4 rings (SSSR count). The fraction of sp³-hybridized carbons (Fsp3) is 0.200. The van der Waals surface area contributed by atoms with Crippen molar-refractivity contribution in [2.24, 2.45) is 0 Å². The molecule has 0 radical (unpaired) electrons. The van der Waals surface area contributed by atoms with E-state index in [1.807, 2.05) is 55.9 Å². The Bertz CT molecular complexity index is 1260. The summed E-state index contributed by atoms with van der Waals surface area (Å²) >= 11 is 1.81. The van der Waals surface area contributed by atoms with Crippen LogP contribution in [0.5, 0.6) is 11.6 Å². The van der Waals surface area contributed by atoms with Crippen molar-refractivity contribution < 1.29 is 9.53 Å². The van der Waals surface area contributed by atoms with Crippen molar-refractivity contribution in [3.63, 3.8) is 0 Å². The minimum absolute atomic E-state index is 0.186. The van der Waals surface area contributed by atoms with Gasteiger partial charge in [0.05, 0.1) is 17.3 Å². The number of aryl methyl sites for hydroxylation is 1. The Labute approximate surface area is 196 Å². The number of benzene rings is 2. The number of fused-ring (bicyclic) bond motifs is 1. The lowest BCUT2D eigenvalue weighted by Crippen LogP contribution is -2.11. The second-order valence-corrected chi connectivity index (χ2v) is 8.84. The van der Waals surface area contributed by atoms with Crippen molar-refractivity contribution in [1.29, 1.82) is 5.26 Å². The first-order valence-electron chi connectivity index (χ1n) is 10.5. The number of allylic oxidation sites excluding steroid dienone is 1. The van der Waals surface area contributed by atoms with Gasteiger partial charge in [0.15, 0.2) is 0 Å². The van der Waals surface area contributed by atoms with Crippen LogP contribution in [0.15, 0.2) is 60.2 Å². The van der Waals surface area contributed by atoms with Gasteiger partial charge in [-0.15, -0.1) is 0 Å². The van der Waals surface area contributed by atoms with Gasteiger partial charge in [-0.3, -0.25) is 4.79 Å². The molecule has 0 saturated carbocycles. The maximum atomic E-state index is 12.1. The van der Waals surface area contributed by atoms with E-state index in [9.17, 15) is 4.79 Å². The highest BCUT2D eigenvalue weighted by Gasteiger charge is 2.20.